The van der Waals surface area contributed by atoms with Crippen molar-refractivity contribution in [2.75, 3.05) is 0 Å². The van der Waals surface area contributed by atoms with E-state index in [1.807, 2.05) is 12.3 Å². The van der Waals surface area contributed by atoms with Gasteiger partial charge < -0.3 is 5.73 Å². The Morgan fingerprint density at radius 1 is 1.44 bits per heavy atom. The number of thiazole rings is 1. The summed E-state index contributed by atoms with van der Waals surface area (Å²) in [6.07, 6.45) is 1.12. The van der Waals surface area contributed by atoms with Gasteiger partial charge >= 0.3 is 0 Å². The minimum atomic E-state index is -0.370. The standard InChI is InChI=1S/C13H14ClFN2S/c1-8-7-18-12(17-8)6-10(16)5-9-3-2-4-11(14)13(9)15/h2-4,7,10H,5-6,16H2,1H3. The number of benzene rings is 1. The topological polar surface area (TPSA) is 38.9 Å². The van der Waals surface area contributed by atoms with E-state index >= 15 is 0 Å². The number of aryl methyl sites for hydroxylation is 1. The van der Waals surface area contributed by atoms with Crippen LogP contribution in [0.5, 0.6) is 0 Å². The average molecular weight is 285 g/mol. The summed E-state index contributed by atoms with van der Waals surface area (Å²) in [5.74, 6) is -0.370. The van der Waals surface area contributed by atoms with Crippen LogP contribution >= 0.6 is 22.9 Å². The zero-order valence-electron chi connectivity index (χ0n) is 9.99. The van der Waals surface area contributed by atoms with Gasteiger partial charge in [-0.2, -0.15) is 0 Å². The first kappa shape index (κ1) is 13.5. The molecule has 0 saturated carbocycles. The second-order valence-electron chi connectivity index (χ2n) is 4.26. The highest BCUT2D eigenvalue weighted by Crippen LogP contribution is 2.20. The van der Waals surface area contributed by atoms with Gasteiger partial charge in [-0.1, -0.05) is 23.7 Å². The predicted molar refractivity (Wildman–Crippen MR) is 73.6 cm³/mol. The smallest absolute Gasteiger partial charge is 0.145 e. The lowest BCUT2D eigenvalue weighted by atomic mass is 10.0. The third kappa shape index (κ3) is 3.28. The summed E-state index contributed by atoms with van der Waals surface area (Å²) in [7, 11) is 0. The Hall–Kier alpha value is -0.970. The van der Waals surface area contributed by atoms with E-state index in [0.717, 1.165) is 10.7 Å². The Bertz CT molecular complexity index is 542. The van der Waals surface area contributed by atoms with Crippen LogP contribution in [0.25, 0.3) is 0 Å². The van der Waals surface area contributed by atoms with Crippen molar-refractivity contribution in [1.29, 1.82) is 0 Å². The maximum atomic E-state index is 13.7. The van der Waals surface area contributed by atoms with Gasteiger partial charge in [0.15, 0.2) is 0 Å². The molecule has 0 aliphatic carbocycles. The number of hydrogen-bond donors (Lipinski definition) is 1. The molecule has 1 aromatic heterocycles. The van der Waals surface area contributed by atoms with Gasteiger partial charge in [-0.3, -0.25) is 0 Å². The summed E-state index contributed by atoms with van der Waals surface area (Å²) >= 11 is 7.32. The lowest BCUT2D eigenvalue weighted by molar-refractivity contribution is 0.583. The minimum Gasteiger partial charge on any atom is -0.327 e. The highest BCUT2D eigenvalue weighted by atomic mass is 35.5. The Balaban J connectivity index is 2.03. The van der Waals surface area contributed by atoms with Crippen molar-refractivity contribution in [1.82, 2.24) is 4.98 Å². The Morgan fingerprint density at radius 2 is 2.22 bits per heavy atom. The first-order valence-electron chi connectivity index (χ1n) is 5.65. The average Bonchev–Trinajstić information content (AvgIpc) is 2.70. The quantitative estimate of drug-likeness (QED) is 0.935. The molecular formula is C13H14ClFN2S. The molecule has 2 aromatic rings. The number of nitrogens with zero attached hydrogens (tertiary/aromatic N) is 1. The van der Waals surface area contributed by atoms with Crippen LogP contribution in [-0.2, 0) is 12.8 Å². The van der Waals surface area contributed by atoms with Crippen LogP contribution in [-0.4, -0.2) is 11.0 Å². The summed E-state index contributed by atoms with van der Waals surface area (Å²) in [5, 5.41) is 3.12. The number of halogens is 2. The van der Waals surface area contributed by atoms with Gasteiger partial charge in [0.1, 0.15) is 5.82 Å². The summed E-state index contributed by atoms with van der Waals surface area (Å²) in [4.78, 5) is 4.35. The van der Waals surface area contributed by atoms with Gasteiger partial charge in [0, 0.05) is 23.5 Å². The maximum absolute atomic E-state index is 13.7. The zero-order chi connectivity index (χ0) is 13.1. The molecule has 1 unspecified atom stereocenters. The van der Waals surface area contributed by atoms with E-state index in [4.69, 9.17) is 17.3 Å². The molecule has 0 bridgehead atoms. The number of rotatable bonds is 4. The second-order valence-corrected chi connectivity index (χ2v) is 5.61. The highest BCUT2D eigenvalue weighted by molar-refractivity contribution is 7.09. The van der Waals surface area contributed by atoms with Crippen LogP contribution in [0, 0.1) is 12.7 Å². The van der Waals surface area contributed by atoms with Crippen LogP contribution in [0.2, 0.25) is 5.02 Å². The molecule has 0 aliphatic rings. The lowest BCUT2D eigenvalue weighted by Crippen LogP contribution is -2.26. The van der Waals surface area contributed by atoms with E-state index in [1.165, 1.54) is 6.07 Å². The van der Waals surface area contributed by atoms with Gasteiger partial charge in [0.05, 0.1) is 10.0 Å². The van der Waals surface area contributed by atoms with Gasteiger partial charge in [-0.25, -0.2) is 9.37 Å². The van der Waals surface area contributed by atoms with E-state index in [2.05, 4.69) is 4.98 Å². The monoisotopic (exact) mass is 284 g/mol. The molecule has 0 spiro atoms. The predicted octanol–water partition coefficient (Wildman–Crippen LogP) is 3.36. The van der Waals surface area contributed by atoms with Crippen molar-refractivity contribution in [2.24, 2.45) is 5.73 Å². The fourth-order valence-electron chi connectivity index (χ4n) is 1.78. The fraction of sp³-hybridized carbons (Fsp3) is 0.308. The van der Waals surface area contributed by atoms with Crippen LogP contribution in [0.1, 0.15) is 16.3 Å². The van der Waals surface area contributed by atoms with E-state index < -0.39 is 0 Å². The molecule has 18 heavy (non-hydrogen) atoms. The highest BCUT2D eigenvalue weighted by Gasteiger charge is 2.12. The maximum Gasteiger partial charge on any atom is 0.145 e. The van der Waals surface area contributed by atoms with E-state index in [1.54, 1.807) is 23.5 Å². The number of hydrogen-bond acceptors (Lipinski definition) is 3. The zero-order valence-corrected chi connectivity index (χ0v) is 11.6. The van der Waals surface area contributed by atoms with E-state index in [9.17, 15) is 4.39 Å². The summed E-state index contributed by atoms with van der Waals surface area (Å²) in [5.41, 5.74) is 7.58. The van der Waals surface area contributed by atoms with Crippen molar-refractivity contribution in [2.45, 2.75) is 25.8 Å². The molecule has 5 heteroatoms. The van der Waals surface area contributed by atoms with E-state index in [-0.39, 0.29) is 16.9 Å². The summed E-state index contributed by atoms with van der Waals surface area (Å²) in [6, 6.07) is 4.84. The van der Waals surface area contributed by atoms with Gasteiger partial charge in [0.25, 0.3) is 0 Å². The van der Waals surface area contributed by atoms with Crippen LogP contribution in [0.3, 0.4) is 0 Å². The molecular weight excluding hydrogens is 271 g/mol. The van der Waals surface area contributed by atoms with Crippen LogP contribution in [0.15, 0.2) is 23.6 Å². The fourth-order valence-corrected chi connectivity index (χ4v) is 2.84. The van der Waals surface area contributed by atoms with E-state index in [0.29, 0.717) is 18.4 Å². The van der Waals surface area contributed by atoms with Crippen molar-refractivity contribution in [3.63, 3.8) is 0 Å². The van der Waals surface area contributed by atoms with Crippen molar-refractivity contribution < 1.29 is 4.39 Å². The van der Waals surface area contributed by atoms with Gasteiger partial charge in [0.2, 0.25) is 0 Å². The van der Waals surface area contributed by atoms with Gasteiger partial charge in [-0.15, -0.1) is 11.3 Å². The molecule has 0 saturated heterocycles. The van der Waals surface area contributed by atoms with Crippen molar-refractivity contribution in [3.05, 3.63) is 50.7 Å². The Kier molecular flexibility index (Phi) is 4.32. The molecule has 2 rings (SSSR count). The third-order valence-electron chi connectivity index (χ3n) is 2.62. The molecule has 1 heterocycles. The van der Waals surface area contributed by atoms with Crippen molar-refractivity contribution in [3.8, 4) is 0 Å². The largest absolute Gasteiger partial charge is 0.327 e. The first-order chi connectivity index (χ1) is 8.56. The molecule has 1 aromatic carbocycles. The third-order valence-corrected chi connectivity index (χ3v) is 3.90. The Labute approximate surface area is 115 Å². The van der Waals surface area contributed by atoms with Gasteiger partial charge in [-0.05, 0) is 25.0 Å². The molecule has 0 aliphatic heterocycles. The minimum absolute atomic E-state index is 0.143. The second kappa shape index (κ2) is 5.78. The SMILES string of the molecule is Cc1csc(CC(N)Cc2cccc(Cl)c2F)n1. The number of aromatic nitrogens is 1. The molecule has 0 fully saturated rings. The van der Waals surface area contributed by atoms with Crippen LogP contribution < -0.4 is 5.73 Å². The molecule has 2 nitrogen and oxygen atoms in total. The lowest BCUT2D eigenvalue weighted by Gasteiger charge is -2.11. The summed E-state index contributed by atoms with van der Waals surface area (Å²) in [6.45, 7) is 1.95. The van der Waals surface area contributed by atoms with Crippen LogP contribution in [0.4, 0.5) is 4.39 Å². The van der Waals surface area contributed by atoms with Crippen molar-refractivity contribution >= 4 is 22.9 Å². The first-order valence-corrected chi connectivity index (χ1v) is 6.91. The number of nitrogens with two attached hydrogens (primary N) is 1. The molecule has 0 radical (unpaired) electrons. The molecule has 96 valence electrons. The normalized spacial score (nSPS) is 12.7. The molecule has 1 atom stereocenters. The molecule has 2 N–H and O–H groups in total. The molecule has 0 amide bonds. The Morgan fingerprint density at radius 3 is 2.89 bits per heavy atom. The summed E-state index contributed by atoms with van der Waals surface area (Å²) < 4.78 is 13.7.